The highest BCUT2D eigenvalue weighted by Crippen LogP contribution is 2.15. The number of rotatable bonds is 3. The molecule has 0 saturated carbocycles. The quantitative estimate of drug-likeness (QED) is 0.553. The fourth-order valence-corrected chi connectivity index (χ4v) is 1.01. The van der Waals surface area contributed by atoms with Crippen molar-refractivity contribution >= 4 is 6.09 Å². The van der Waals surface area contributed by atoms with E-state index in [4.69, 9.17) is 9.47 Å². The summed E-state index contributed by atoms with van der Waals surface area (Å²) < 4.78 is 10.1. The van der Waals surface area contributed by atoms with Gasteiger partial charge in [-0.05, 0) is 20.8 Å². The van der Waals surface area contributed by atoms with E-state index in [2.05, 4.69) is 11.9 Å². The van der Waals surface area contributed by atoms with Crippen molar-refractivity contribution in [2.45, 2.75) is 38.5 Å². The van der Waals surface area contributed by atoms with Crippen molar-refractivity contribution in [2.24, 2.45) is 0 Å². The van der Waals surface area contributed by atoms with Gasteiger partial charge in [-0.15, -0.1) is 6.58 Å². The number of hydrogen-bond donors (Lipinski definition) is 1. The Kier molecular flexibility index (Phi) is 3.16. The molecular formula is C10H17NO3. The Morgan fingerprint density at radius 3 is 2.64 bits per heavy atom. The van der Waals surface area contributed by atoms with Gasteiger partial charge in [-0.2, -0.15) is 0 Å². The molecule has 0 aromatic carbocycles. The minimum Gasteiger partial charge on any atom is -0.444 e. The van der Waals surface area contributed by atoms with E-state index in [1.807, 2.05) is 20.8 Å². The number of amides is 1. The second-order valence-corrected chi connectivity index (χ2v) is 4.28. The summed E-state index contributed by atoms with van der Waals surface area (Å²) in [5, 5.41) is 2.68. The molecule has 0 bridgehead atoms. The monoisotopic (exact) mass is 199 g/mol. The van der Waals surface area contributed by atoms with Crippen molar-refractivity contribution in [1.29, 1.82) is 0 Å². The Balaban J connectivity index is 2.34. The zero-order chi connectivity index (χ0) is 10.8. The average Bonchev–Trinajstić information content (AvgIpc) is 2.78. The first-order valence-electron chi connectivity index (χ1n) is 4.66. The lowest BCUT2D eigenvalue weighted by atomic mass is 10.2. The first-order valence-corrected chi connectivity index (χ1v) is 4.66. The van der Waals surface area contributed by atoms with Crippen LogP contribution in [0.3, 0.4) is 0 Å². The lowest BCUT2D eigenvalue weighted by Gasteiger charge is -2.21. The first kappa shape index (κ1) is 11.0. The number of epoxide rings is 1. The number of carbonyl (C=O) groups excluding carboxylic acids is 1. The smallest absolute Gasteiger partial charge is 0.408 e. The molecule has 0 spiro atoms. The number of ether oxygens (including phenoxy) is 2. The molecule has 1 amide bonds. The molecule has 4 nitrogen and oxygen atoms in total. The van der Waals surface area contributed by atoms with Gasteiger partial charge in [0.25, 0.3) is 0 Å². The lowest BCUT2D eigenvalue weighted by Crippen LogP contribution is -2.40. The molecule has 1 fully saturated rings. The average molecular weight is 199 g/mol. The molecule has 1 aliphatic heterocycles. The van der Waals surface area contributed by atoms with E-state index < -0.39 is 11.7 Å². The van der Waals surface area contributed by atoms with Crippen LogP contribution in [0.1, 0.15) is 20.8 Å². The highest BCUT2D eigenvalue weighted by molar-refractivity contribution is 5.68. The fourth-order valence-electron chi connectivity index (χ4n) is 1.01. The number of nitrogens with one attached hydrogen (secondary N) is 1. The van der Waals surface area contributed by atoms with Gasteiger partial charge in [0.05, 0.1) is 12.6 Å². The van der Waals surface area contributed by atoms with Gasteiger partial charge in [-0.25, -0.2) is 4.79 Å². The highest BCUT2D eigenvalue weighted by atomic mass is 16.6. The zero-order valence-corrected chi connectivity index (χ0v) is 8.87. The minimum atomic E-state index is -0.472. The molecular weight excluding hydrogens is 182 g/mol. The third-order valence-corrected chi connectivity index (χ3v) is 1.70. The summed E-state index contributed by atoms with van der Waals surface area (Å²) >= 11 is 0. The van der Waals surface area contributed by atoms with Crippen molar-refractivity contribution in [1.82, 2.24) is 5.32 Å². The molecule has 1 heterocycles. The van der Waals surface area contributed by atoms with E-state index in [-0.39, 0.29) is 12.1 Å². The van der Waals surface area contributed by atoms with Crippen LogP contribution in [0.2, 0.25) is 0 Å². The van der Waals surface area contributed by atoms with Crippen LogP contribution in [0, 0.1) is 0 Å². The van der Waals surface area contributed by atoms with Gasteiger partial charge in [0.1, 0.15) is 11.7 Å². The molecule has 1 N–H and O–H groups in total. The van der Waals surface area contributed by atoms with Crippen LogP contribution in [0.5, 0.6) is 0 Å². The van der Waals surface area contributed by atoms with Gasteiger partial charge in [-0.1, -0.05) is 6.08 Å². The van der Waals surface area contributed by atoms with Crippen LogP contribution in [-0.4, -0.2) is 30.4 Å². The normalized spacial score (nSPS) is 22.4. The van der Waals surface area contributed by atoms with E-state index in [1.165, 1.54) is 0 Å². The van der Waals surface area contributed by atoms with E-state index in [0.29, 0.717) is 6.61 Å². The van der Waals surface area contributed by atoms with Crippen molar-refractivity contribution < 1.29 is 14.3 Å². The van der Waals surface area contributed by atoms with E-state index in [0.717, 1.165) is 0 Å². The fraction of sp³-hybridized carbons (Fsp3) is 0.700. The van der Waals surface area contributed by atoms with Crippen LogP contribution in [-0.2, 0) is 9.47 Å². The summed E-state index contributed by atoms with van der Waals surface area (Å²) in [5.74, 6) is 0. The maximum Gasteiger partial charge on any atom is 0.408 e. The molecule has 1 aliphatic rings. The second-order valence-electron chi connectivity index (χ2n) is 4.28. The van der Waals surface area contributed by atoms with Crippen LogP contribution in [0.15, 0.2) is 12.7 Å². The molecule has 0 aliphatic carbocycles. The molecule has 0 aromatic heterocycles. The molecule has 0 radical (unpaired) electrons. The van der Waals surface area contributed by atoms with Gasteiger partial charge in [0.15, 0.2) is 0 Å². The largest absolute Gasteiger partial charge is 0.444 e. The highest BCUT2D eigenvalue weighted by Gasteiger charge is 2.32. The number of alkyl carbamates (subject to hydrolysis) is 1. The summed E-state index contributed by atoms with van der Waals surface area (Å²) in [5.41, 5.74) is -0.472. The standard InChI is InChI=1S/C10H17NO3/c1-5-7(8-6-13-8)11-9(12)14-10(2,3)4/h5,7-8H,1,6H2,2-4H3,(H,11,12)/t7-,8-/m1/s1. The molecule has 1 saturated heterocycles. The first-order chi connectivity index (χ1) is 6.42. The molecule has 4 heteroatoms. The van der Waals surface area contributed by atoms with E-state index >= 15 is 0 Å². The number of carbonyl (C=O) groups is 1. The van der Waals surface area contributed by atoms with E-state index in [9.17, 15) is 4.79 Å². The van der Waals surface area contributed by atoms with Gasteiger partial charge in [0, 0.05) is 0 Å². The summed E-state index contributed by atoms with van der Waals surface area (Å²) in [6.45, 7) is 9.76. The molecule has 0 aromatic rings. The predicted molar refractivity (Wildman–Crippen MR) is 53.1 cm³/mol. The third kappa shape index (κ3) is 3.79. The summed E-state index contributed by atoms with van der Waals surface area (Å²) in [4.78, 5) is 11.3. The lowest BCUT2D eigenvalue weighted by molar-refractivity contribution is 0.0507. The van der Waals surface area contributed by atoms with Crippen molar-refractivity contribution in [3.05, 3.63) is 12.7 Å². The van der Waals surface area contributed by atoms with Crippen LogP contribution in [0.4, 0.5) is 4.79 Å². The second kappa shape index (κ2) is 4.00. The minimum absolute atomic E-state index is 0.0695. The Labute approximate surface area is 84.3 Å². The Hall–Kier alpha value is -1.03. The summed E-state index contributed by atoms with van der Waals surface area (Å²) in [6, 6.07) is -0.148. The predicted octanol–water partition coefficient (Wildman–Crippen LogP) is 1.46. The Bertz CT molecular complexity index is 228. The van der Waals surface area contributed by atoms with Crippen molar-refractivity contribution in [3.8, 4) is 0 Å². The Morgan fingerprint density at radius 1 is 1.71 bits per heavy atom. The maximum absolute atomic E-state index is 11.3. The maximum atomic E-state index is 11.3. The topological polar surface area (TPSA) is 50.9 Å². The molecule has 14 heavy (non-hydrogen) atoms. The number of hydrogen-bond acceptors (Lipinski definition) is 3. The van der Waals surface area contributed by atoms with Gasteiger partial charge >= 0.3 is 6.09 Å². The third-order valence-electron chi connectivity index (χ3n) is 1.70. The van der Waals surface area contributed by atoms with E-state index in [1.54, 1.807) is 6.08 Å². The molecule has 1 rings (SSSR count). The van der Waals surface area contributed by atoms with Crippen LogP contribution < -0.4 is 5.32 Å². The Morgan fingerprint density at radius 2 is 2.29 bits per heavy atom. The van der Waals surface area contributed by atoms with Crippen molar-refractivity contribution in [3.63, 3.8) is 0 Å². The van der Waals surface area contributed by atoms with Crippen molar-refractivity contribution in [2.75, 3.05) is 6.61 Å². The molecule has 80 valence electrons. The summed E-state index contributed by atoms with van der Waals surface area (Å²) in [6.07, 6.45) is 1.29. The van der Waals surface area contributed by atoms with Gasteiger partial charge in [0.2, 0.25) is 0 Å². The van der Waals surface area contributed by atoms with Crippen LogP contribution in [0.25, 0.3) is 0 Å². The summed E-state index contributed by atoms with van der Waals surface area (Å²) in [7, 11) is 0. The zero-order valence-electron chi connectivity index (χ0n) is 8.87. The molecule has 0 unspecified atom stereocenters. The van der Waals surface area contributed by atoms with Gasteiger partial charge < -0.3 is 14.8 Å². The van der Waals surface area contributed by atoms with Gasteiger partial charge in [-0.3, -0.25) is 0 Å². The molecule has 2 atom stereocenters. The van der Waals surface area contributed by atoms with Crippen LogP contribution >= 0.6 is 0 Å². The SMILES string of the molecule is C=C[C@@H](NC(=O)OC(C)(C)C)[C@H]1CO1.